The fourth-order valence-electron chi connectivity index (χ4n) is 4.12. The molecule has 4 rings (SSSR count). The summed E-state index contributed by atoms with van der Waals surface area (Å²) in [4.78, 5) is 12.7. The molecule has 0 saturated carbocycles. The second kappa shape index (κ2) is 10.4. The van der Waals surface area contributed by atoms with Crippen molar-refractivity contribution in [1.82, 2.24) is 0 Å². The summed E-state index contributed by atoms with van der Waals surface area (Å²) in [7, 11) is 3.23. The van der Waals surface area contributed by atoms with Crippen molar-refractivity contribution in [2.45, 2.75) is 20.8 Å². The molecule has 3 aromatic carbocycles. The number of benzene rings is 3. The quantitative estimate of drug-likeness (QED) is 0.284. The molecule has 0 aliphatic rings. The van der Waals surface area contributed by atoms with E-state index in [1.807, 2.05) is 51.1 Å². The fourth-order valence-corrected chi connectivity index (χ4v) is 4.12. The van der Waals surface area contributed by atoms with E-state index in [4.69, 9.17) is 18.6 Å². The molecule has 0 radical (unpaired) electrons. The van der Waals surface area contributed by atoms with Gasteiger partial charge in [0.25, 0.3) is 0 Å². The van der Waals surface area contributed by atoms with Gasteiger partial charge in [-0.2, -0.15) is 0 Å². The molecule has 0 atom stereocenters. The van der Waals surface area contributed by atoms with E-state index in [0.717, 1.165) is 50.3 Å². The summed E-state index contributed by atoms with van der Waals surface area (Å²) in [6, 6.07) is 17.1. The highest BCUT2D eigenvalue weighted by molar-refractivity contribution is 6.06. The Bertz CT molecular complexity index is 1370. The lowest BCUT2D eigenvalue weighted by Crippen LogP contribution is -2.08. The monoisotopic (exact) mass is 471 g/mol. The van der Waals surface area contributed by atoms with Crippen molar-refractivity contribution in [2.24, 2.45) is 0 Å². The van der Waals surface area contributed by atoms with Crippen LogP contribution >= 0.6 is 0 Å². The molecule has 1 heterocycles. The van der Waals surface area contributed by atoms with Crippen LogP contribution in [0, 0.1) is 6.92 Å². The molecule has 0 fully saturated rings. The van der Waals surface area contributed by atoms with Crippen molar-refractivity contribution in [3.05, 3.63) is 78.1 Å². The van der Waals surface area contributed by atoms with Crippen LogP contribution in [0.4, 0.5) is 5.69 Å². The third-order valence-electron chi connectivity index (χ3n) is 5.85. The summed E-state index contributed by atoms with van der Waals surface area (Å²) in [5.74, 6) is 2.00. The highest BCUT2D eigenvalue weighted by Gasteiger charge is 2.19. The van der Waals surface area contributed by atoms with Crippen LogP contribution < -0.4 is 19.5 Å². The number of amides is 1. The number of hydrogen-bond donors (Lipinski definition) is 1. The third-order valence-corrected chi connectivity index (χ3v) is 5.85. The van der Waals surface area contributed by atoms with Crippen LogP contribution in [0.5, 0.6) is 17.2 Å². The van der Waals surface area contributed by atoms with E-state index in [9.17, 15) is 4.79 Å². The van der Waals surface area contributed by atoms with Gasteiger partial charge >= 0.3 is 0 Å². The van der Waals surface area contributed by atoms with Crippen molar-refractivity contribution in [1.29, 1.82) is 0 Å². The van der Waals surface area contributed by atoms with Crippen LogP contribution in [0.25, 0.3) is 27.7 Å². The Morgan fingerprint density at radius 3 is 2.31 bits per heavy atom. The Kier molecular flexibility index (Phi) is 7.11. The van der Waals surface area contributed by atoms with Gasteiger partial charge in [0.2, 0.25) is 5.91 Å². The molecule has 180 valence electrons. The van der Waals surface area contributed by atoms with Crippen molar-refractivity contribution in [3.8, 4) is 28.4 Å². The normalized spacial score (nSPS) is 11.4. The number of carbonyl (C=O) groups excluding carboxylic acids is 1. The molecule has 0 saturated heterocycles. The smallest absolute Gasteiger partial charge is 0.248 e. The molecule has 0 unspecified atom stereocenters. The average Bonchev–Trinajstić information content (AvgIpc) is 3.29. The van der Waals surface area contributed by atoms with Crippen molar-refractivity contribution in [3.63, 3.8) is 0 Å². The van der Waals surface area contributed by atoms with Gasteiger partial charge in [-0.25, -0.2) is 0 Å². The highest BCUT2D eigenvalue weighted by Crippen LogP contribution is 2.40. The number of anilines is 1. The van der Waals surface area contributed by atoms with E-state index in [2.05, 4.69) is 5.32 Å². The standard InChI is InChI=1S/C29H29NO5/c1-6-34-23-11-7-20(8-12-23)26-17-35-29-19(3)28(33-5)24(16-25(26)29)18(2)15-27(31)30-21-9-13-22(32-4)14-10-21/h7-17H,6H2,1-5H3,(H,30,31)/b18-15+. The summed E-state index contributed by atoms with van der Waals surface area (Å²) in [5.41, 5.74) is 5.90. The summed E-state index contributed by atoms with van der Waals surface area (Å²) in [5, 5.41) is 3.84. The lowest BCUT2D eigenvalue weighted by Gasteiger charge is -2.13. The molecule has 6 nitrogen and oxygen atoms in total. The molecule has 0 aliphatic heterocycles. The molecule has 0 aliphatic carbocycles. The van der Waals surface area contributed by atoms with E-state index in [0.29, 0.717) is 18.0 Å². The average molecular weight is 472 g/mol. The van der Waals surface area contributed by atoms with E-state index in [1.165, 1.54) is 0 Å². The van der Waals surface area contributed by atoms with Gasteiger partial charge in [-0.15, -0.1) is 0 Å². The number of ether oxygens (including phenoxy) is 3. The van der Waals surface area contributed by atoms with Crippen LogP contribution in [0.2, 0.25) is 0 Å². The zero-order valence-corrected chi connectivity index (χ0v) is 20.6. The first-order chi connectivity index (χ1) is 16.9. The predicted octanol–water partition coefficient (Wildman–Crippen LogP) is 6.87. The van der Waals surface area contributed by atoms with Gasteiger partial charge in [0.05, 0.1) is 27.1 Å². The minimum Gasteiger partial charge on any atom is -0.497 e. The highest BCUT2D eigenvalue weighted by atomic mass is 16.5. The van der Waals surface area contributed by atoms with E-state index < -0.39 is 0 Å². The predicted molar refractivity (Wildman–Crippen MR) is 139 cm³/mol. The van der Waals surface area contributed by atoms with Crippen molar-refractivity contribution >= 4 is 28.1 Å². The van der Waals surface area contributed by atoms with Crippen LogP contribution in [-0.4, -0.2) is 26.7 Å². The second-order valence-corrected chi connectivity index (χ2v) is 8.11. The Balaban J connectivity index is 1.70. The van der Waals surface area contributed by atoms with Gasteiger partial charge in [-0.3, -0.25) is 4.79 Å². The lowest BCUT2D eigenvalue weighted by atomic mass is 9.96. The molecule has 35 heavy (non-hydrogen) atoms. The van der Waals surface area contributed by atoms with Crippen molar-refractivity contribution in [2.75, 3.05) is 26.1 Å². The number of nitrogens with one attached hydrogen (secondary N) is 1. The van der Waals surface area contributed by atoms with Crippen molar-refractivity contribution < 1.29 is 23.4 Å². The van der Waals surface area contributed by atoms with Gasteiger partial charge in [0, 0.05) is 33.8 Å². The molecular formula is C29H29NO5. The van der Waals surface area contributed by atoms with E-state index in [1.54, 1.807) is 50.8 Å². The number of fused-ring (bicyclic) bond motifs is 1. The first kappa shape index (κ1) is 24.0. The Labute approximate surface area is 205 Å². The van der Waals surface area contributed by atoms with Crippen LogP contribution in [0.3, 0.4) is 0 Å². The third kappa shape index (κ3) is 5.01. The van der Waals surface area contributed by atoms with Gasteiger partial charge < -0.3 is 23.9 Å². The van der Waals surface area contributed by atoms with E-state index in [-0.39, 0.29) is 5.91 Å². The Hall–Kier alpha value is -4.19. The van der Waals surface area contributed by atoms with Crippen LogP contribution in [0.15, 0.2) is 71.4 Å². The van der Waals surface area contributed by atoms with Crippen LogP contribution in [0.1, 0.15) is 25.0 Å². The number of furan rings is 1. The minimum absolute atomic E-state index is 0.230. The van der Waals surface area contributed by atoms with Gasteiger partial charge in [0.1, 0.15) is 22.8 Å². The maximum Gasteiger partial charge on any atom is 0.248 e. The number of allylic oxidation sites excluding steroid dienone is 1. The zero-order chi connectivity index (χ0) is 24.9. The van der Waals surface area contributed by atoms with E-state index >= 15 is 0 Å². The fraction of sp³-hybridized carbons (Fsp3) is 0.207. The summed E-state index contributed by atoms with van der Waals surface area (Å²) in [6.45, 7) is 6.44. The number of hydrogen-bond acceptors (Lipinski definition) is 5. The van der Waals surface area contributed by atoms with Gasteiger partial charge in [0.15, 0.2) is 0 Å². The Morgan fingerprint density at radius 1 is 1.00 bits per heavy atom. The largest absolute Gasteiger partial charge is 0.497 e. The Morgan fingerprint density at radius 2 is 1.69 bits per heavy atom. The molecular weight excluding hydrogens is 442 g/mol. The first-order valence-corrected chi connectivity index (χ1v) is 11.4. The second-order valence-electron chi connectivity index (χ2n) is 8.11. The first-order valence-electron chi connectivity index (χ1n) is 11.4. The summed E-state index contributed by atoms with van der Waals surface area (Å²) >= 11 is 0. The maximum atomic E-state index is 12.7. The number of aryl methyl sites for hydroxylation is 1. The summed E-state index contributed by atoms with van der Waals surface area (Å²) < 4.78 is 22.4. The molecule has 1 amide bonds. The number of rotatable bonds is 8. The molecule has 0 bridgehead atoms. The van der Waals surface area contributed by atoms with Crippen LogP contribution in [-0.2, 0) is 4.79 Å². The van der Waals surface area contributed by atoms with Gasteiger partial charge in [-0.1, -0.05) is 12.1 Å². The topological polar surface area (TPSA) is 69.9 Å². The molecule has 6 heteroatoms. The zero-order valence-electron chi connectivity index (χ0n) is 20.6. The minimum atomic E-state index is -0.230. The lowest BCUT2D eigenvalue weighted by molar-refractivity contribution is -0.111. The molecule has 0 spiro atoms. The summed E-state index contributed by atoms with van der Waals surface area (Å²) in [6.07, 6.45) is 3.33. The number of carbonyl (C=O) groups is 1. The molecule has 1 N–H and O–H groups in total. The SMILES string of the molecule is CCOc1ccc(-c2coc3c(C)c(OC)c(/C(C)=C/C(=O)Nc4ccc(OC)cc4)cc23)cc1. The molecule has 4 aromatic rings. The molecule has 1 aromatic heterocycles. The maximum absolute atomic E-state index is 12.7. The number of methoxy groups -OCH3 is 2. The van der Waals surface area contributed by atoms with Gasteiger partial charge in [-0.05, 0) is 74.4 Å².